The summed E-state index contributed by atoms with van der Waals surface area (Å²) in [6, 6.07) is 17.8. The Kier molecular flexibility index (Phi) is 8.80. The van der Waals surface area contributed by atoms with E-state index in [1.54, 1.807) is 13.3 Å². The monoisotopic (exact) mass is 492 g/mol. The average Bonchev–Trinajstić information content (AvgIpc) is 3.17. The highest BCUT2D eigenvalue weighted by molar-refractivity contribution is 14.0. The van der Waals surface area contributed by atoms with Gasteiger partial charge in [0.2, 0.25) is 5.89 Å². The van der Waals surface area contributed by atoms with E-state index in [0.29, 0.717) is 31.5 Å². The molecule has 0 atom stereocenters. The minimum Gasteiger partial charge on any atom is -0.492 e. The average molecular weight is 492 g/mol. The molecule has 0 aliphatic carbocycles. The summed E-state index contributed by atoms with van der Waals surface area (Å²) in [6.45, 7) is 3.76. The molecule has 2 aromatic carbocycles. The predicted octanol–water partition coefficient (Wildman–Crippen LogP) is 4.01. The van der Waals surface area contributed by atoms with Crippen molar-refractivity contribution in [1.29, 1.82) is 0 Å². The molecule has 0 bridgehead atoms. The third-order valence-corrected chi connectivity index (χ3v) is 3.89. The maximum absolute atomic E-state index is 5.72. The van der Waals surface area contributed by atoms with E-state index in [1.807, 2.05) is 61.5 Å². The molecule has 3 aromatic rings. The van der Waals surface area contributed by atoms with Gasteiger partial charge in [-0.2, -0.15) is 0 Å². The van der Waals surface area contributed by atoms with Crippen LogP contribution in [0.3, 0.4) is 0 Å². The Morgan fingerprint density at radius 1 is 1.11 bits per heavy atom. The Morgan fingerprint density at radius 3 is 2.68 bits per heavy atom. The second-order valence-corrected chi connectivity index (χ2v) is 6.03. The number of guanidine groups is 1. The van der Waals surface area contributed by atoms with Crippen LogP contribution in [0.4, 0.5) is 0 Å². The SMILES string of the molecule is CN=C(NCCOc1cccc(C)c1)NCc1coc(-c2ccccc2)n1.I. The van der Waals surface area contributed by atoms with E-state index in [0.717, 1.165) is 17.0 Å². The van der Waals surface area contributed by atoms with E-state index >= 15 is 0 Å². The van der Waals surface area contributed by atoms with Crippen molar-refractivity contribution < 1.29 is 9.15 Å². The van der Waals surface area contributed by atoms with E-state index in [1.165, 1.54) is 5.56 Å². The topological polar surface area (TPSA) is 71.7 Å². The molecule has 0 aliphatic rings. The van der Waals surface area contributed by atoms with Crippen molar-refractivity contribution in [1.82, 2.24) is 15.6 Å². The summed E-state index contributed by atoms with van der Waals surface area (Å²) in [5.74, 6) is 2.17. The van der Waals surface area contributed by atoms with E-state index in [-0.39, 0.29) is 24.0 Å². The Hall–Kier alpha value is -2.55. The first-order valence-corrected chi connectivity index (χ1v) is 8.88. The van der Waals surface area contributed by atoms with Crippen LogP contribution in [0.5, 0.6) is 5.75 Å². The van der Waals surface area contributed by atoms with Crippen LogP contribution in [0.25, 0.3) is 11.5 Å². The summed E-state index contributed by atoms with van der Waals surface area (Å²) in [5.41, 5.74) is 2.95. The van der Waals surface area contributed by atoms with Crippen LogP contribution in [-0.2, 0) is 6.54 Å². The van der Waals surface area contributed by atoms with Gasteiger partial charge < -0.3 is 19.8 Å². The number of aryl methyl sites for hydroxylation is 1. The second kappa shape index (κ2) is 11.3. The van der Waals surface area contributed by atoms with Gasteiger partial charge in [0.15, 0.2) is 5.96 Å². The lowest BCUT2D eigenvalue weighted by Gasteiger charge is -2.12. The number of ether oxygens (including phenoxy) is 1. The minimum atomic E-state index is 0. The summed E-state index contributed by atoms with van der Waals surface area (Å²) in [4.78, 5) is 8.70. The fraction of sp³-hybridized carbons (Fsp3) is 0.238. The number of aromatic nitrogens is 1. The number of benzene rings is 2. The highest BCUT2D eigenvalue weighted by Crippen LogP contribution is 2.17. The van der Waals surface area contributed by atoms with Gasteiger partial charge in [0.05, 0.1) is 18.8 Å². The molecule has 28 heavy (non-hydrogen) atoms. The van der Waals surface area contributed by atoms with Gasteiger partial charge in [0.1, 0.15) is 18.6 Å². The third-order valence-electron chi connectivity index (χ3n) is 3.89. The molecule has 2 N–H and O–H groups in total. The summed E-state index contributed by atoms with van der Waals surface area (Å²) < 4.78 is 11.3. The molecule has 3 rings (SSSR count). The maximum Gasteiger partial charge on any atom is 0.226 e. The third kappa shape index (κ3) is 6.56. The molecule has 0 spiro atoms. The fourth-order valence-corrected chi connectivity index (χ4v) is 2.54. The van der Waals surface area contributed by atoms with Gasteiger partial charge >= 0.3 is 0 Å². The van der Waals surface area contributed by atoms with Crippen molar-refractivity contribution in [3.05, 3.63) is 72.1 Å². The van der Waals surface area contributed by atoms with E-state index in [9.17, 15) is 0 Å². The number of rotatable bonds is 7. The zero-order chi connectivity index (χ0) is 18.9. The first-order chi connectivity index (χ1) is 13.2. The van der Waals surface area contributed by atoms with Crippen LogP contribution in [0.2, 0.25) is 0 Å². The van der Waals surface area contributed by atoms with E-state index in [4.69, 9.17) is 9.15 Å². The lowest BCUT2D eigenvalue weighted by molar-refractivity contribution is 0.321. The first-order valence-electron chi connectivity index (χ1n) is 8.88. The minimum absolute atomic E-state index is 0. The molecule has 6 nitrogen and oxygen atoms in total. The van der Waals surface area contributed by atoms with Crippen LogP contribution in [-0.4, -0.2) is 31.1 Å². The Bertz CT molecular complexity index is 881. The number of oxazole rings is 1. The quantitative estimate of drug-likeness (QED) is 0.226. The molecule has 148 valence electrons. The highest BCUT2D eigenvalue weighted by atomic mass is 127. The number of hydrogen-bond acceptors (Lipinski definition) is 4. The van der Waals surface area contributed by atoms with Crippen molar-refractivity contribution in [3.63, 3.8) is 0 Å². The Labute approximate surface area is 182 Å². The first kappa shape index (κ1) is 21.7. The zero-order valence-corrected chi connectivity index (χ0v) is 18.3. The number of nitrogens with zero attached hydrogens (tertiary/aromatic N) is 2. The summed E-state index contributed by atoms with van der Waals surface area (Å²) in [5, 5.41) is 6.44. The lowest BCUT2D eigenvalue weighted by atomic mass is 10.2. The van der Waals surface area contributed by atoms with Gasteiger partial charge in [-0.3, -0.25) is 4.99 Å². The molecule has 0 unspecified atom stereocenters. The number of hydrogen-bond donors (Lipinski definition) is 2. The molecule has 7 heteroatoms. The van der Waals surface area contributed by atoms with Gasteiger partial charge in [-0.1, -0.05) is 30.3 Å². The zero-order valence-electron chi connectivity index (χ0n) is 16.0. The number of nitrogens with one attached hydrogen (secondary N) is 2. The molecule has 0 saturated carbocycles. The van der Waals surface area contributed by atoms with Gasteiger partial charge in [-0.15, -0.1) is 24.0 Å². The maximum atomic E-state index is 5.72. The predicted molar refractivity (Wildman–Crippen MR) is 122 cm³/mol. The smallest absolute Gasteiger partial charge is 0.226 e. The fourth-order valence-electron chi connectivity index (χ4n) is 2.54. The van der Waals surface area contributed by atoms with Crippen LogP contribution < -0.4 is 15.4 Å². The molecule has 1 heterocycles. The second-order valence-electron chi connectivity index (χ2n) is 6.03. The van der Waals surface area contributed by atoms with E-state index in [2.05, 4.69) is 20.6 Å². The van der Waals surface area contributed by atoms with Gasteiger partial charge in [0, 0.05) is 12.6 Å². The summed E-state index contributed by atoms with van der Waals surface area (Å²) in [6.07, 6.45) is 1.66. The van der Waals surface area contributed by atoms with E-state index < -0.39 is 0 Å². The van der Waals surface area contributed by atoms with Crippen molar-refractivity contribution >= 4 is 29.9 Å². The number of aliphatic imine (C=N–C) groups is 1. The molecule has 0 aliphatic heterocycles. The molecule has 1 aromatic heterocycles. The Morgan fingerprint density at radius 2 is 1.93 bits per heavy atom. The number of halogens is 1. The molecule has 0 fully saturated rings. The largest absolute Gasteiger partial charge is 0.492 e. The Balaban J connectivity index is 0.00000280. The van der Waals surface area contributed by atoms with Crippen molar-refractivity contribution in [2.45, 2.75) is 13.5 Å². The molecular weight excluding hydrogens is 467 g/mol. The normalized spacial score (nSPS) is 10.9. The summed E-state index contributed by atoms with van der Waals surface area (Å²) in [7, 11) is 1.73. The lowest BCUT2D eigenvalue weighted by Crippen LogP contribution is -2.38. The van der Waals surface area contributed by atoms with Gasteiger partial charge in [-0.25, -0.2) is 4.98 Å². The standard InChI is InChI=1S/C21H24N4O2.HI/c1-16-7-6-10-19(13-16)26-12-11-23-21(22-2)24-14-18-15-27-20(25-18)17-8-4-3-5-9-17;/h3-10,13,15H,11-12,14H2,1-2H3,(H2,22,23,24);1H. The van der Waals surface area contributed by atoms with Crippen molar-refractivity contribution in [2.75, 3.05) is 20.2 Å². The van der Waals surface area contributed by atoms with Crippen LogP contribution in [0.1, 0.15) is 11.3 Å². The van der Waals surface area contributed by atoms with Crippen LogP contribution in [0, 0.1) is 6.92 Å². The van der Waals surface area contributed by atoms with Crippen LogP contribution >= 0.6 is 24.0 Å². The van der Waals surface area contributed by atoms with Crippen molar-refractivity contribution in [3.8, 4) is 17.2 Å². The molecular formula is C21H25IN4O2. The molecule has 0 saturated heterocycles. The van der Waals surface area contributed by atoms with Gasteiger partial charge in [0.25, 0.3) is 0 Å². The van der Waals surface area contributed by atoms with Crippen molar-refractivity contribution in [2.24, 2.45) is 4.99 Å². The molecule has 0 amide bonds. The molecule has 0 radical (unpaired) electrons. The van der Waals surface area contributed by atoms with Gasteiger partial charge in [-0.05, 0) is 36.8 Å². The highest BCUT2D eigenvalue weighted by Gasteiger charge is 2.07. The summed E-state index contributed by atoms with van der Waals surface area (Å²) >= 11 is 0. The van der Waals surface area contributed by atoms with Crippen LogP contribution in [0.15, 0.2) is 70.3 Å².